The highest BCUT2D eigenvalue weighted by Crippen LogP contribution is 1.98. The smallest absolute Gasteiger partial charge is 0.343 e. The van der Waals surface area contributed by atoms with E-state index in [4.69, 9.17) is 5.73 Å². The fourth-order valence-corrected chi connectivity index (χ4v) is 1.16. The van der Waals surface area contributed by atoms with E-state index in [0.717, 1.165) is 19.4 Å². The molecule has 0 aromatic heterocycles. The molecule has 1 heterocycles. The topological polar surface area (TPSA) is 78.3 Å². The predicted molar refractivity (Wildman–Crippen MR) is 43.2 cm³/mol. The zero-order chi connectivity index (χ0) is 8.97. The van der Waals surface area contributed by atoms with E-state index < -0.39 is 0 Å². The molecule has 0 saturated carbocycles. The Morgan fingerprint density at radius 2 is 2.46 bits per heavy atom. The van der Waals surface area contributed by atoms with Crippen LogP contribution in [0.4, 0.5) is 0 Å². The van der Waals surface area contributed by atoms with Gasteiger partial charge in [-0.1, -0.05) is 0 Å². The lowest BCUT2D eigenvalue weighted by Crippen LogP contribution is -3.00. The highest BCUT2D eigenvalue weighted by molar-refractivity contribution is 5.82. The van der Waals surface area contributed by atoms with Crippen LogP contribution in [0.5, 0.6) is 0 Å². The van der Waals surface area contributed by atoms with Crippen molar-refractivity contribution in [1.82, 2.24) is 5.32 Å². The lowest BCUT2D eigenvalue weighted by Gasteiger charge is -2.08. The summed E-state index contributed by atoms with van der Waals surface area (Å²) in [6, 6.07) is -0.301. The molecule has 0 aliphatic carbocycles. The highest BCUT2D eigenvalue weighted by atomic mass is 35.5. The molecule has 0 spiro atoms. The van der Waals surface area contributed by atoms with Crippen LogP contribution >= 0.6 is 0 Å². The molecule has 0 saturated heterocycles. The monoisotopic (exact) mass is 207 g/mol. The van der Waals surface area contributed by atoms with Gasteiger partial charge in [-0.05, 0) is 12.8 Å². The van der Waals surface area contributed by atoms with Crippen LogP contribution in [0.2, 0.25) is 0 Å². The first-order valence-electron chi connectivity index (χ1n) is 3.94. The summed E-state index contributed by atoms with van der Waals surface area (Å²) >= 11 is 0. The minimum absolute atomic E-state index is 0. The number of rotatable bonds is 1. The lowest BCUT2D eigenvalue weighted by atomic mass is 10.1. The van der Waals surface area contributed by atoms with Gasteiger partial charge in [-0.15, -0.1) is 0 Å². The fourth-order valence-electron chi connectivity index (χ4n) is 1.16. The molecule has 0 bridgehead atoms. The van der Waals surface area contributed by atoms with Crippen molar-refractivity contribution in [3.8, 4) is 0 Å². The van der Waals surface area contributed by atoms with E-state index in [1.807, 2.05) is 0 Å². The summed E-state index contributed by atoms with van der Waals surface area (Å²) in [5.41, 5.74) is 5.50. The number of methoxy groups -OCH3 is 1. The van der Waals surface area contributed by atoms with Crippen molar-refractivity contribution >= 4 is 11.9 Å². The van der Waals surface area contributed by atoms with Crippen LogP contribution in [0.25, 0.3) is 0 Å². The zero-order valence-corrected chi connectivity index (χ0v) is 8.23. The van der Waals surface area contributed by atoms with Crippen molar-refractivity contribution in [3.63, 3.8) is 0 Å². The number of carbonyl (C=O) groups excluding carboxylic acids is 1. The lowest BCUT2D eigenvalue weighted by molar-refractivity contribution is -0.459. The number of halogens is 1. The number of hydrogen-bond donors (Lipinski definition) is 3. The van der Waals surface area contributed by atoms with Crippen molar-refractivity contribution in [2.75, 3.05) is 13.7 Å². The van der Waals surface area contributed by atoms with Crippen molar-refractivity contribution in [2.45, 2.75) is 18.9 Å². The van der Waals surface area contributed by atoms with Gasteiger partial charge < -0.3 is 17.1 Å². The maximum atomic E-state index is 11.1. The van der Waals surface area contributed by atoms with Crippen molar-refractivity contribution in [1.29, 1.82) is 0 Å². The summed E-state index contributed by atoms with van der Waals surface area (Å²) in [5.74, 6) is 0.185. The molecule has 0 aromatic rings. The van der Waals surface area contributed by atoms with Gasteiger partial charge in [0.15, 0.2) is 6.04 Å². The van der Waals surface area contributed by atoms with Crippen molar-refractivity contribution in [3.05, 3.63) is 0 Å². The molecule has 1 unspecified atom stereocenters. The maximum absolute atomic E-state index is 11.1. The molecule has 0 fully saturated rings. The van der Waals surface area contributed by atoms with Crippen LogP contribution in [-0.4, -0.2) is 31.6 Å². The van der Waals surface area contributed by atoms with Gasteiger partial charge >= 0.3 is 11.9 Å². The molecular formula is C7H14ClN3O2. The molecule has 1 aliphatic rings. The van der Waals surface area contributed by atoms with E-state index in [-0.39, 0.29) is 24.4 Å². The molecule has 1 atom stereocenters. The Morgan fingerprint density at radius 3 is 3.08 bits per heavy atom. The summed E-state index contributed by atoms with van der Waals surface area (Å²) in [6.45, 7) is 0.798. The van der Waals surface area contributed by atoms with Crippen LogP contribution in [0.3, 0.4) is 0 Å². The van der Waals surface area contributed by atoms with Gasteiger partial charge in [-0.3, -0.25) is 16.0 Å². The minimum Gasteiger partial charge on any atom is -1.00 e. The Labute approximate surface area is 83.1 Å². The van der Waals surface area contributed by atoms with E-state index in [2.05, 4.69) is 15.0 Å². The van der Waals surface area contributed by atoms with Crippen molar-refractivity contribution in [2.24, 2.45) is 5.73 Å². The van der Waals surface area contributed by atoms with E-state index in [1.165, 1.54) is 7.11 Å². The zero-order valence-electron chi connectivity index (χ0n) is 7.47. The number of esters is 1. The summed E-state index contributed by atoms with van der Waals surface area (Å²) in [6.07, 6.45) is 1.66. The molecule has 4 N–H and O–H groups in total. The Bertz CT molecular complexity index is 208. The van der Waals surface area contributed by atoms with E-state index >= 15 is 0 Å². The number of nitrogens with one attached hydrogen (secondary N) is 2. The molecule has 1 rings (SSSR count). The van der Waals surface area contributed by atoms with Gasteiger partial charge in [0.25, 0.3) is 0 Å². The predicted octanol–water partition coefficient (Wildman–Crippen LogP) is -5.69. The fraction of sp³-hybridized carbons (Fsp3) is 0.714. The van der Waals surface area contributed by atoms with Crippen LogP contribution in [0.1, 0.15) is 12.8 Å². The number of carbonyl (C=O) groups is 1. The molecule has 13 heavy (non-hydrogen) atoms. The summed E-state index contributed by atoms with van der Waals surface area (Å²) in [7, 11) is 1.37. The van der Waals surface area contributed by atoms with Crippen LogP contribution in [0, 0.1) is 0 Å². The summed E-state index contributed by atoms with van der Waals surface area (Å²) in [5, 5.41) is 2.84. The molecule has 0 amide bonds. The number of hydrogen-bond acceptors (Lipinski definition) is 4. The summed E-state index contributed by atoms with van der Waals surface area (Å²) < 4.78 is 4.60. The van der Waals surface area contributed by atoms with Crippen molar-refractivity contribution < 1.29 is 26.9 Å². The summed E-state index contributed by atoms with van der Waals surface area (Å²) in [4.78, 5) is 14.0. The third kappa shape index (κ3) is 3.50. The molecule has 6 heteroatoms. The first-order chi connectivity index (χ1) is 5.74. The average molecular weight is 208 g/mol. The van der Waals surface area contributed by atoms with Gasteiger partial charge in [-0.2, -0.15) is 0 Å². The minimum atomic E-state index is -0.301. The number of ether oxygens (including phenoxy) is 1. The number of guanidine groups is 1. The van der Waals surface area contributed by atoms with E-state index in [0.29, 0.717) is 5.96 Å². The Morgan fingerprint density at radius 1 is 1.77 bits per heavy atom. The van der Waals surface area contributed by atoms with E-state index in [1.54, 1.807) is 0 Å². The Hall–Kier alpha value is -0.970. The average Bonchev–Trinajstić information content (AvgIpc) is 2.28. The quantitative estimate of drug-likeness (QED) is 0.375. The molecular weight excluding hydrogens is 194 g/mol. The van der Waals surface area contributed by atoms with Gasteiger partial charge in [-0.25, -0.2) is 4.79 Å². The molecule has 0 aromatic carbocycles. The third-order valence-corrected chi connectivity index (χ3v) is 1.80. The second kappa shape index (κ2) is 5.64. The maximum Gasteiger partial charge on any atom is 0.343 e. The molecule has 0 radical (unpaired) electrons. The van der Waals surface area contributed by atoms with Gasteiger partial charge in [0.2, 0.25) is 0 Å². The van der Waals surface area contributed by atoms with Gasteiger partial charge in [0.1, 0.15) is 0 Å². The second-order valence-electron chi connectivity index (χ2n) is 2.70. The Kier molecular flexibility index (Phi) is 5.22. The van der Waals surface area contributed by atoms with E-state index in [9.17, 15) is 4.79 Å². The van der Waals surface area contributed by atoms with Gasteiger partial charge in [0.05, 0.1) is 13.7 Å². The van der Waals surface area contributed by atoms with Crippen LogP contribution < -0.4 is 28.4 Å². The first kappa shape index (κ1) is 12.0. The normalized spacial score (nSPS) is 21.6. The standard InChI is InChI=1S/C7H13N3O2.ClH/c1-12-6(11)5-3-2-4-9-7(8)10-5;/h5H,2-4H2,1H3,(H3,8,9,10);1H. The highest BCUT2D eigenvalue weighted by Gasteiger charge is 2.24. The van der Waals surface area contributed by atoms with Gasteiger partial charge in [0, 0.05) is 0 Å². The van der Waals surface area contributed by atoms with Crippen LogP contribution in [-0.2, 0) is 9.53 Å². The SMILES string of the molecule is COC(=O)C1CCC[NH+]=C(N)N1.[Cl-]. The number of nitrogens with two attached hydrogens (primary N) is 1. The second-order valence-corrected chi connectivity index (χ2v) is 2.70. The van der Waals surface area contributed by atoms with Crippen LogP contribution in [0.15, 0.2) is 0 Å². The Balaban J connectivity index is 0.00000144. The third-order valence-electron chi connectivity index (χ3n) is 1.80. The molecule has 1 aliphatic heterocycles. The first-order valence-corrected chi connectivity index (χ1v) is 3.94. The molecule has 5 nitrogen and oxygen atoms in total. The molecule has 76 valence electrons. The largest absolute Gasteiger partial charge is 1.00 e.